The van der Waals surface area contributed by atoms with Crippen LogP contribution in [0.1, 0.15) is 36.6 Å². The van der Waals surface area contributed by atoms with Crippen LogP contribution in [-0.2, 0) is 11.2 Å². The molecule has 170 valence electrons. The maximum atomic E-state index is 13.1. The average Bonchev–Trinajstić information content (AvgIpc) is 3.11. The van der Waals surface area contributed by atoms with E-state index in [-0.39, 0.29) is 28.8 Å². The zero-order valence-electron chi connectivity index (χ0n) is 17.6. The molecule has 1 atom stereocenters. The topological polar surface area (TPSA) is 139 Å². The molecule has 1 aliphatic heterocycles. The number of imide groups is 1. The van der Waals surface area contributed by atoms with Crippen LogP contribution in [0.2, 0.25) is 0 Å². The van der Waals surface area contributed by atoms with Gasteiger partial charge in [0.15, 0.2) is 0 Å². The maximum Gasteiger partial charge on any atom is 0.270 e. The standard InChI is InChI=1S/C24H18N4O6/c29-21(16-9-6-10-17(14-16)28(33)34)25-26-22(30)20(13-15-7-2-1-3-8-15)27-23(31)18-11-4-5-12-19(18)24(27)32/h1-12,14,20H,13H2,(H,25,29)(H,26,30). The Labute approximate surface area is 193 Å². The Kier molecular flexibility index (Phi) is 6.13. The molecular formula is C24H18N4O6. The van der Waals surface area contributed by atoms with Gasteiger partial charge in [-0.3, -0.25) is 45.0 Å². The molecule has 0 bridgehead atoms. The molecule has 3 aromatic carbocycles. The van der Waals surface area contributed by atoms with Crippen LogP contribution in [0.3, 0.4) is 0 Å². The smallest absolute Gasteiger partial charge is 0.270 e. The van der Waals surface area contributed by atoms with Gasteiger partial charge in [0.25, 0.3) is 29.3 Å². The molecule has 10 heteroatoms. The van der Waals surface area contributed by atoms with Gasteiger partial charge >= 0.3 is 0 Å². The molecule has 0 saturated heterocycles. The van der Waals surface area contributed by atoms with E-state index in [4.69, 9.17) is 0 Å². The van der Waals surface area contributed by atoms with Crippen LogP contribution in [0.15, 0.2) is 78.9 Å². The number of nitrogens with zero attached hydrogens (tertiary/aromatic N) is 2. The fourth-order valence-electron chi connectivity index (χ4n) is 3.66. The molecule has 10 nitrogen and oxygen atoms in total. The van der Waals surface area contributed by atoms with Crippen molar-refractivity contribution < 1.29 is 24.1 Å². The van der Waals surface area contributed by atoms with Crippen LogP contribution in [0, 0.1) is 10.1 Å². The largest absolute Gasteiger partial charge is 0.271 e. The number of hydrazine groups is 1. The average molecular weight is 458 g/mol. The molecule has 0 radical (unpaired) electrons. The number of carbonyl (C=O) groups excluding carboxylic acids is 4. The van der Waals surface area contributed by atoms with Crippen molar-refractivity contribution >= 4 is 29.3 Å². The number of non-ortho nitro benzene ring substituents is 1. The molecular weight excluding hydrogens is 440 g/mol. The molecule has 1 aliphatic rings. The Bertz CT molecular complexity index is 1270. The minimum Gasteiger partial charge on any atom is -0.271 e. The first-order valence-electron chi connectivity index (χ1n) is 10.2. The van der Waals surface area contributed by atoms with E-state index in [1.165, 1.54) is 30.3 Å². The number of carbonyl (C=O) groups is 4. The van der Waals surface area contributed by atoms with Gasteiger partial charge in [0.05, 0.1) is 16.1 Å². The Morgan fingerprint density at radius 3 is 2.09 bits per heavy atom. The summed E-state index contributed by atoms with van der Waals surface area (Å²) >= 11 is 0. The second-order valence-electron chi connectivity index (χ2n) is 7.48. The first-order chi connectivity index (χ1) is 16.4. The van der Waals surface area contributed by atoms with Gasteiger partial charge in [-0.1, -0.05) is 48.5 Å². The van der Waals surface area contributed by atoms with Crippen molar-refractivity contribution in [3.05, 3.63) is 111 Å². The molecule has 1 unspecified atom stereocenters. The molecule has 34 heavy (non-hydrogen) atoms. The first kappa shape index (κ1) is 22.3. The molecule has 0 spiro atoms. The second kappa shape index (κ2) is 9.33. The van der Waals surface area contributed by atoms with E-state index in [0.29, 0.717) is 5.56 Å². The van der Waals surface area contributed by atoms with Gasteiger partial charge < -0.3 is 0 Å². The molecule has 0 aromatic heterocycles. The molecule has 0 fully saturated rings. The molecule has 4 amide bonds. The summed E-state index contributed by atoms with van der Waals surface area (Å²) in [4.78, 5) is 62.7. The molecule has 1 heterocycles. The molecule has 3 aromatic rings. The fraction of sp³-hybridized carbons (Fsp3) is 0.0833. The van der Waals surface area contributed by atoms with E-state index in [1.54, 1.807) is 42.5 Å². The third-order valence-corrected chi connectivity index (χ3v) is 5.33. The molecule has 2 N–H and O–H groups in total. The number of hydrogen-bond acceptors (Lipinski definition) is 6. The molecule has 0 aliphatic carbocycles. The van der Waals surface area contributed by atoms with Crippen molar-refractivity contribution in [1.82, 2.24) is 15.8 Å². The van der Waals surface area contributed by atoms with Gasteiger partial charge in [-0.2, -0.15) is 0 Å². The first-order valence-corrected chi connectivity index (χ1v) is 10.2. The summed E-state index contributed by atoms with van der Waals surface area (Å²) in [7, 11) is 0. The predicted octanol–water partition coefficient (Wildman–Crippen LogP) is 2.26. The van der Waals surface area contributed by atoms with Crippen molar-refractivity contribution in [3.8, 4) is 0 Å². The van der Waals surface area contributed by atoms with Crippen molar-refractivity contribution in [2.75, 3.05) is 0 Å². The van der Waals surface area contributed by atoms with Crippen molar-refractivity contribution in [2.24, 2.45) is 0 Å². The lowest BCUT2D eigenvalue weighted by Gasteiger charge is -2.25. The number of fused-ring (bicyclic) bond motifs is 1. The third-order valence-electron chi connectivity index (χ3n) is 5.33. The highest BCUT2D eigenvalue weighted by molar-refractivity contribution is 6.22. The lowest BCUT2D eigenvalue weighted by Crippen LogP contribution is -2.54. The monoisotopic (exact) mass is 458 g/mol. The molecule has 0 saturated carbocycles. The summed E-state index contributed by atoms with van der Waals surface area (Å²) in [5.41, 5.74) is 5.19. The number of rotatable bonds is 6. The lowest BCUT2D eigenvalue weighted by atomic mass is 10.0. The van der Waals surface area contributed by atoms with E-state index in [1.807, 2.05) is 0 Å². The van der Waals surface area contributed by atoms with Gasteiger partial charge in [0.2, 0.25) is 0 Å². The van der Waals surface area contributed by atoms with E-state index in [0.717, 1.165) is 11.0 Å². The van der Waals surface area contributed by atoms with E-state index in [2.05, 4.69) is 10.9 Å². The van der Waals surface area contributed by atoms with Gasteiger partial charge in [-0.25, -0.2) is 0 Å². The minimum atomic E-state index is -1.25. The Morgan fingerprint density at radius 1 is 0.853 bits per heavy atom. The number of amides is 4. The summed E-state index contributed by atoms with van der Waals surface area (Å²) in [5, 5.41) is 10.9. The van der Waals surface area contributed by atoms with Crippen molar-refractivity contribution in [1.29, 1.82) is 0 Å². The summed E-state index contributed by atoms with van der Waals surface area (Å²) in [6.07, 6.45) is 0.0187. The van der Waals surface area contributed by atoms with Crippen molar-refractivity contribution in [3.63, 3.8) is 0 Å². The summed E-state index contributed by atoms with van der Waals surface area (Å²) in [5.74, 6) is -2.81. The van der Waals surface area contributed by atoms with Crippen LogP contribution in [0.4, 0.5) is 5.69 Å². The Hall–Kier alpha value is -4.86. The number of nitro benzene ring substituents is 1. The van der Waals surface area contributed by atoms with E-state index >= 15 is 0 Å². The number of benzene rings is 3. The zero-order valence-corrected chi connectivity index (χ0v) is 17.6. The van der Waals surface area contributed by atoms with Gasteiger partial charge in [0, 0.05) is 24.1 Å². The molecule has 4 rings (SSSR count). The van der Waals surface area contributed by atoms with Gasteiger partial charge in [-0.05, 0) is 23.8 Å². The highest BCUT2D eigenvalue weighted by Crippen LogP contribution is 2.26. The second-order valence-corrected chi connectivity index (χ2v) is 7.48. The normalized spacial score (nSPS) is 13.2. The van der Waals surface area contributed by atoms with E-state index in [9.17, 15) is 29.3 Å². The predicted molar refractivity (Wildman–Crippen MR) is 120 cm³/mol. The Morgan fingerprint density at radius 2 is 1.47 bits per heavy atom. The SMILES string of the molecule is O=C(NNC(=O)C(Cc1ccccc1)N1C(=O)c2ccccc2C1=O)c1cccc([N+](=O)[O-])c1. The summed E-state index contributed by atoms with van der Waals surface area (Å²) < 4.78 is 0. The van der Waals surface area contributed by atoms with Crippen LogP contribution in [0.25, 0.3) is 0 Å². The van der Waals surface area contributed by atoms with Crippen LogP contribution in [0.5, 0.6) is 0 Å². The third kappa shape index (κ3) is 4.37. The quantitative estimate of drug-likeness (QED) is 0.330. The number of nitro groups is 1. The summed E-state index contributed by atoms with van der Waals surface area (Å²) in [6.45, 7) is 0. The maximum absolute atomic E-state index is 13.1. The minimum absolute atomic E-state index is 0.0187. The summed E-state index contributed by atoms with van der Waals surface area (Å²) in [6, 6.07) is 18.8. The zero-order chi connectivity index (χ0) is 24.2. The fourth-order valence-corrected chi connectivity index (χ4v) is 3.66. The van der Waals surface area contributed by atoms with Crippen LogP contribution >= 0.6 is 0 Å². The highest BCUT2D eigenvalue weighted by atomic mass is 16.6. The number of nitrogens with one attached hydrogen (secondary N) is 2. The van der Waals surface area contributed by atoms with E-state index < -0.39 is 34.6 Å². The van der Waals surface area contributed by atoms with Crippen LogP contribution in [-0.4, -0.2) is 39.5 Å². The lowest BCUT2D eigenvalue weighted by molar-refractivity contribution is -0.384. The van der Waals surface area contributed by atoms with Gasteiger partial charge in [0.1, 0.15) is 6.04 Å². The van der Waals surface area contributed by atoms with Crippen LogP contribution < -0.4 is 10.9 Å². The van der Waals surface area contributed by atoms with Gasteiger partial charge in [-0.15, -0.1) is 0 Å². The van der Waals surface area contributed by atoms with Crippen molar-refractivity contribution in [2.45, 2.75) is 12.5 Å². The number of hydrogen-bond donors (Lipinski definition) is 2. The highest BCUT2D eigenvalue weighted by Gasteiger charge is 2.42. The Balaban J connectivity index is 1.56.